The molecule has 3 aromatic rings. The summed E-state index contributed by atoms with van der Waals surface area (Å²) in [5.41, 5.74) is 0.586. The van der Waals surface area contributed by atoms with Crippen LogP contribution in [-0.4, -0.2) is 27.5 Å². The van der Waals surface area contributed by atoms with Gasteiger partial charge in [-0.3, -0.25) is 4.79 Å². The third-order valence-corrected chi connectivity index (χ3v) is 3.78. The van der Waals surface area contributed by atoms with E-state index in [1.165, 1.54) is 29.7 Å². The summed E-state index contributed by atoms with van der Waals surface area (Å²) in [6.45, 7) is 0. The summed E-state index contributed by atoms with van der Waals surface area (Å²) in [5, 5.41) is 31.9. The van der Waals surface area contributed by atoms with Crippen LogP contribution in [0.5, 0.6) is 11.5 Å². The normalized spacial score (nSPS) is 10.2. The standard InChI is InChI=1S/C11H9NO2S.C7H6O2.Cu/c13-11-6-2-1-5-10(11)12(14)8-9-4-3-7-15-9;8-5-6-3-1-2-4-7(6)9;/h1-8,13H;1-5,9H;/b12-8-;;. The number of nitrogens with zero attached hydrogens (tertiary/aromatic N) is 1. The van der Waals surface area contributed by atoms with Crippen LogP contribution in [0.1, 0.15) is 15.2 Å². The van der Waals surface area contributed by atoms with Gasteiger partial charge in [0.15, 0.2) is 18.3 Å². The van der Waals surface area contributed by atoms with Crippen LogP contribution < -0.4 is 0 Å². The van der Waals surface area contributed by atoms with Crippen molar-refractivity contribution in [1.82, 2.24) is 0 Å². The second kappa shape index (κ2) is 10.3. The molecule has 0 saturated carbocycles. The first-order valence-corrected chi connectivity index (χ1v) is 7.85. The molecule has 7 heteroatoms. The van der Waals surface area contributed by atoms with Gasteiger partial charge < -0.3 is 15.4 Å². The molecule has 0 atom stereocenters. The minimum Gasteiger partial charge on any atom is -0.618 e. The van der Waals surface area contributed by atoms with Crippen LogP contribution >= 0.6 is 11.3 Å². The number of para-hydroxylation sites is 3. The van der Waals surface area contributed by atoms with Crippen molar-refractivity contribution in [3.63, 3.8) is 0 Å². The Morgan fingerprint density at radius 2 is 1.56 bits per heavy atom. The fraction of sp³-hybridized carbons (Fsp3) is 0. The Morgan fingerprint density at radius 3 is 2.08 bits per heavy atom. The number of hydrogen-bond acceptors (Lipinski definition) is 5. The van der Waals surface area contributed by atoms with Crippen LogP contribution in [0, 0.1) is 5.21 Å². The molecule has 2 N–H and O–H groups in total. The number of aromatic hydroxyl groups is 2. The van der Waals surface area contributed by atoms with E-state index in [2.05, 4.69) is 0 Å². The van der Waals surface area contributed by atoms with E-state index in [1.807, 2.05) is 17.5 Å². The number of aldehydes is 1. The second-order valence-corrected chi connectivity index (χ2v) is 5.61. The van der Waals surface area contributed by atoms with E-state index in [9.17, 15) is 15.1 Å². The summed E-state index contributed by atoms with van der Waals surface area (Å²) in [4.78, 5) is 10.9. The number of rotatable bonds is 3. The number of phenols is 2. The number of thiophene rings is 1. The van der Waals surface area contributed by atoms with Gasteiger partial charge in [0.05, 0.1) is 10.4 Å². The third-order valence-electron chi connectivity index (χ3n) is 2.97. The molecule has 0 aliphatic carbocycles. The predicted molar refractivity (Wildman–Crippen MR) is 94.4 cm³/mol. The van der Waals surface area contributed by atoms with Gasteiger partial charge in [-0.1, -0.05) is 30.3 Å². The van der Waals surface area contributed by atoms with Crippen molar-refractivity contribution < 1.29 is 36.8 Å². The van der Waals surface area contributed by atoms with Gasteiger partial charge in [-0.2, -0.15) is 4.74 Å². The summed E-state index contributed by atoms with van der Waals surface area (Å²) < 4.78 is 0.668. The maximum atomic E-state index is 11.6. The molecule has 0 aliphatic heterocycles. The Kier molecular flexibility index (Phi) is 8.43. The SMILES string of the molecule is O=Cc1ccccc1O.[Cu].[O-]/[N+](=C\c1cccs1)c1ccccc1O. The van der Waals surface area contributed by atoms with E-state index in [4.69, 9.17) is 5.11 Å². The molecule has 133 valence electrons. The minimum absolute atomic E-state index is 0. The Balaban J connectivity index is 0.000000270. The molecular weight excluding hydrogens is 390 g/mol. The van der Waals surface area contributed by atoms with Crippen molar-refractivity contribution in [3.05, 3.63) is 81.7 Å². The zero-order valence-corrected chi connectivity index (χ0v) is 14.6. The van der Waals surface area contributed by atoms with E-state index in [0.29, 0.717) is 16.6 Å². The van der Waals surface area contributed by atoms with Crippen LogP contribution in [0.2, 0.25) is 0 Å². The molecule has 0 unspecified atom stereocenters. The molecular formula is C18H15CuNO4S. The van der Waals surface area contributed by atoms with E-state index < -0.39 is 0 Å². The molecule has 2 aromatic carbocycles. The van der Waals surface area contributed by atoms with Crippen LogP contribution in [0.15, 0.2) is 66.0 Å². The van der Waals surface area contributed by atoms with Gasteiger partial charge in [-0.25, -0.2) is 0 Å². The van der Waals surface area contributed by atoms with Gasteiger partial charge in [-0.05, 0) is 29.6 Å². The maximum absolute atomic E-state index is 11.6. The van der Waals surface area contributed by atoms with Gasteiger partial charge in [0.1, 0.15) is 5.75 Å². The summed E-state index contributed by atoms with van der Waals surface area (Å²) in [5.74, 6) is 0.0211. The zero-order chi connectivity index (χ0) is 17.4. The molecule has 25 heavy (non-hydrogen) atoms. The van der Waals surface area contributed by atoms with Crippen molar-refractivity contribution in [2.75, 3.05) is 0 Å². The number of carbonyl (C=O) groups excluding carboxylic acids is 1. The molecule has 0 amide bonds. The molecule has 1 aromatic heterocycles. The number of phenolic OH excluding ortho intramolecular Hbond substituents is 2. The van der Waals surface area contributed by atoms with Crippen molar-refractivity contribution in [3.8, 4) is 11.5 Å². The first-order valence-electron chi connectivity index (χ1n) is 6.97. The molecule has 0 spiro atoms. The van der Waals surface area contributed by atoms with Crippen LogP contribution in [0.4, 0.5) is 5.69 Å². The zero-order valence-electron chi connectivity index (χ0n) is 12.9. The Bertz CT molecular complexity index is 835. The molecule has 0 aliphatic rings. The average Bonchev–Trinajstić information content (AvgIpc) is 3.09. The fourth-order valence-corrected chi connectivity index (χ4v) is 2.42. The maximum Gasteiger partial charge on any atom is 0.258 e. The summed E-state index contributed by atoms with van der Waals surface area (Å²) in [6, 6.07) is 16.6. The Hall–Kier alpha value is -2.60. The quantitative estimate of drug-likeness (QED) is 0.173. The molecule has 3 rings (SSSR count). The van der Waals surface area contributed by atoms with E-state index >= 15 is 0 Å². The molecule has 1 heterocycles. The molecule has 1 radical (unpaired) electrons. The first kappa shape index (κ1) is 20.4. The topological polar surface area (TPSA) is 83.6 Å². The van der Waals surface area contributed by atoms with Crippen molar-refractivity contribution in [2.45, 2.75) is 0 Å². The predicted octanol–water partition coefficient (Wildman–Crippen LogP) is 3.92. The summed E-state index contributed by atoms with van der Waals surface area (Å²) in [6.07, 6.45) is 2.06. The molecule has 5 nitrogen and oxygen atoms in total. The van der Waals surface area contributed by atoms with Crippen molar-refractivity contribution in [2.24, 2.45) is 0 Å². The second-order valence-electron chi connectivity index (χ2n) is 4.64. The molecule has 0 fully saturated rings. The Morgan fingerprint density at radius 1 is 0.920 bits per heavy atom. The third kappa shape index (κ3) is 6.08. The summed E-state index contributed by atoms with van der Waals surface area (Å²) in [7, 11) is 0. The molecule has 0 saturated heterocycles. The number of hydrogen-bond donors (Lipinski definition) is 2. The fourth-order valence-electron chi connectivity index (χ4n) is 1.79. The monoisotopic (exact) mass is 404 g/mol. The van der Waals surface area contributed by atoms with Crippen LogP contribution in [0.3, 0.4) is 0 Å². The van der Waals surface area contributed by atoms with E-state index in [-0.39, 0.29) is 34.3 Å². The number of benzene rings is 2. The van der Waals surface area contributed by atoms with Gasteiger partial charge in [0, 0.05) is 23.1 Å². The van der Waals surface area contributed by atoms with E-state index in [0.717, 1.165) is 4.88 Å². The summed E-state index contributed by atoms with van der Waals surface area (Å²) >= 11 is 1.47. The molecule has 0 bridgehead atoms. The van der Waals surface area contributed by atoms with Gasteiger partial charge in [-0.15, -0.1) is 11.3 Å². The average molecular weight is 405 g/mol. The largest absolute Gasteiger partial charge is 0.618 e. The van der Waals surface area contributed by atoms with Gasteiger partial charge >= 0.3 is 0 Å². The number of carbonyl (C=O) groups is 1. The van der Waals surface area contributed by atoms with E-state index in [1.54, 1.807) is 36.4 Å². The first-order chi connectivity index (χ1) is 11.6. The minimum atomic E-state index is -0.0136. The van der Waals surface area contributed by atoms with Crippen molar-refractivity contribution >= 4 is 29.5 Å². The van der Waals surface area contributed by atoms with Gasteiger partial charge in [0.25, 0.3) is 5.69 Å². The van der Waals surface area contributed by atoms with Crippen molar-refractivity contribution in [1.29, 1.82) is 0 Å². The van der Waals surface area contributed by atoms with Gasteiger partial charge in [0.2, 0.25) is 0 Å². The Labute approximate surface area is 159 Å². The van der Waals surface area contributed by atoms with Crippen LogP contribution in [-0.2, 0) is 17.1 Å². The smallest absolute Gasteiger partial charge is 0.258 e. The van der Waals surface area contributed by atoms with Crippen LogP contribution in [0.25, 0.3) is 0 Å².